The lowest BCUT2D eigenvalue weighted by Gasteiger charge is -2.17. The quantitative estimate of drug-likeness (QED) is 0.601. The summed E-state index contributed by atoms with van der Waals surface area (Å²) in [6.07, 6.45) is 0.140. The molecule has 0 spiro atoms. The Hall–Kier alpha value is -3.93. The summed E-state index contributed by atoms with van der Waals surface area (Å²) in [6, 6.07) is 22.5. The van der Waals surface area contributed by atoms with Crippen LogP contribution in [0.15, 0.2) is 72.8 Å². The summed E-state index contributed by atoms with van der Waals surface area (Å²) in [5.41, 5.74) is 4.85. The molecule has 2 N–H and O–H groups in total. The average molecular weight is 442 g/mol. The monoisotopic (exact) mass is 441 g/mol. The van der Waals surface area contributed by atoms with Crippen LogP contribution in [0.25, 0.3) is 0 Å². The number of nitrogens with zero attached hydrogens (tertiary/aromatic N) is 1. The first-order chi connectivity index (χ1) is 15.9. The number of hydrogen-bond acceptors (Lipinski definition) is 3. The van der Waals surface area contributed by atoms with Gasteiger partial charge in [-0.2, -0.15) is 0 Å². The van der Waals surface area contributed by atoms with Crippen molar-refractivity contribution < 1.29 is 14.4 Å². The van der Waals surface area contributed by atoms with E-state index in [1.54, 1.807) is 29.2 Å². The lowest BCUT2D eigenvalue weighted by molar-refractivity contribution is -0.122. The summed E-state index contributed by atoms with van der Waals surface area (Å²) >= 11 is 0. The molecule has 4 rings (SSSR count). The molecule has 168 valence electrons. The number of benzene rings is 3. The minimum Gasteiger partial charge on any atom is -0.348 e. The summed E-state index contributed by atoms with van der Waals surface area (Å²) in [4.78, 5) is 40.0. The van der Waals surface area contributed by atoms with E-state index in [9.17, 15) is 14.4 Å². The molecule has 0 aliphatic carbocycles. The van der Waals surface area contributed by atoms with Gasteiger partial charge in [0.05, 0.1) is 17.2 Å². The number of aryl methyl sites for hydroxylation is 2. The van der Waals surface area contributed by atoms with E-state index < -0.39 is 5.92 Å². The zero-order chi connectivity index (χ0) is 23.4. The normalized spacial score (nSPS) is 15.4. The molecule has 0 saturated carbocycles. The first kappa shape index (κ1) is 22.3. The van der Waals surface area contributed by atoms with Crippen LogP contribution in [0.5, 0.6) is 0 Å². The molecular weight excluding hydrogens is 414 g/mol. The Morgan fingerprint density at radius 1 is 0.939 bits per heavy atom. The Morgan fingerprint density at radius 3 is 2.45 bits per heavy atom. The molecular formula is C27H27N3O3. The van der Waals surface area contributed by atoms with Crippen LogP contribution < -0.4 is 15.5 Å². The van der Waals surface area contributed by atoms with E-state index in [0.29, 0.717) is 24.3 Å². The molecule has 1 heterocycles. The zero-order valence-electron chi connectivity index (χ0n) is 18.8. The highest BCUT2D eigenvalue weighted by Gasteiger charge is 2.35. The highest BCUT2D eigenvalue weighted by Crippen LogP contribution is 2.27. The van der Waals surface area contributed by atoms with Crippen molar-refractivity contribution in [3.63, 3.8) is 0 Å². The van der Waals surface area contributed by atoms with Gasteiger partial charge in [-0.1, -0.05) is 59.7 Å². The molecule has 0 bridgehead atoms. The molecule has 1 aliphatic heterocycles. The summed E-state index contributed by atoms with van der Waals surface area (Å²) in [5.74, 6) is -1.10. The maximum absolute atomic E-state index is 13.0. The van der Waals surface area contributed by atoms with Crippen molar-refractivity contribution in [3.8, 4) is 0 Å². The van der Waals surface area contributed by atoms with Crippen molar-refractivity contribution in [3.05, 3.63) is 95.1 Å². The second-order valence-electron chi connectivity index (χ2n) is 8.45. The maximum Gasteiger partial charge on any atom is 0.253 e. The topological polar surface area (TPSA) is 78.5 Å². The summed E-state index contributed by atoms with van der Waals surface area (Å²) in [7, 11) is 0. The number of hydrogen-bond donors (Lipinski definition) is 2. The van der Waals surface area contributed by atoms with Gasteiger partial charge in [0.2, 0.25) is 11.8 Å². The Kier molecular flexibility index (Phi) is 6.54. The van der Waals surface area contributed by atoms with E-state index >= 15 is 0 Å². The molecule has 1 saturated heterocycles. The number of carbonyl (C=O) groups excluding carboxylic acids is 3. The van der Waals surface area contributed by atoms with E-state index in [2.05, 4.69) is 10.6 Å². The second-order valence-corrected chi connectivity index (χ2v) is 8.45. The molecule has 3 amide bonds. The Labute approximate surface area is 193 Å². The first-order valence-electron chi connectivity index (χ1n) is 11.0. The van der Waals surface area contributed by atoms with Crippen LogP contribution in [-0.2, 0) is 16.1 Å². The van der Waals surface area contributed by atoms with Gasteiger partial charge in [0, 0.05) is 25.2 Å². The lowest BCUT2D eigenvalue weighted by Crippen LogP contribution is -2.29. The number of rotatable bonds is 6. The third kappa shape index (κ3) is 5.29. The van der Waals surface area contributed by atoms with Crippen LogP contribution in [0.4, 0.5) is 11.4 Å². The predicted molar refractivity (Wildman–Crippen MR) is 129 cm³/mol. The van der Waals surface area contributed by atoms with Gasteiger partial charge < -0.3 is 15.5 Å². The predicted octanol–water partition coefficient (Wildman–Crippen LogP) is 4.23. The van der Waals surface area contributed by atoms with Crippen molar-refractivity contribution >= 4 is 29.1 Å². The molecule has 3 aromatic carbocycles. The highest BCUT2D eigenvalue weighted by atomic mass is 16.2. The molecule has 1 aliphatic rings. The smallest absolute Gasteiger partial charge is 0.253 e. The average Bonchev–Trinajstić information content (AvgIpc) is 3.20. The summed E-state index contributed by atoms with van der Waals surface area (Å²) < 4.78 is 0. The van der Waals surface area contributed by atoms with Crippen molar-refractivity contribution in [2.75, 3.05) is 16.8 Å². The van der Waals surface area contributed by atoms with Gasteiger partial charge in [0.25, 0.3) is 5.91 Å². The van der Waals surface area contributed by atoms with Gasteiger partial charge >= 0.3 is 0 Å². The van der Waals surface area contributed by atoms with Crippen LogP contribution in [-0.4, -0.2) is 24.3 Å². The van der Waals surface area contributed by atoms with E-state index in [-0.39, 0.29) is 24.1 Å². The molecule has 0 radical (unpaired) electrons. The van der Waals surface area contributed by atoms with Crippen molar-refractivity contribution in [1.82, 2.24) is 5.32 Å². The number of carbonyl (C=O) groups is 3. The van der Waals surface area contributed by atoms with E-state index in [1.807, 2.05) is 62.4 Å². The lowest BCUT2D eigenvalue weighted by atomic mass is 10.1. The van der Waals surface area contributed by atoms with E-state index in [0.717, 1.165) is 22.4 Å². The molecule has 1 atom stereocenters. The largest absolute Gasteiger partial charge is 0.348 e. The molecule has 3 aromatic rings. The summed E-state index contributed by atoms with van der Waals surface area (Å²) in [5, 5.41) is 5.78. The molecule has 0 unspecified atom stereocenters. The van der Waals surface area contributed by atoms with Gasteiger partial charge in [-0.25, -0.2) is 0 Å². The first-order valence-corrected chi connectivity index (χ1v) is 11.0. The SMILES string of the molecule is Cc1ccc(N2C[C@H](C(=O)Nc3ccccc3C(=O)NCc3cccc(C)c3)CC2=O)cc1. The van der Waals surface area contributed by atoms with Crippen molar-refractivity contribution in [2.45, 2.75) is 26.8 Å². The number of para-hydroxylation sites is 1. The fourth-order valence-electron chi connectivity index (χ4n) is 3.98. The van der Waals surface area contributed by atoms with Gasteiger partial charge in [0.1, 0.15) is 0 Å². The molecule has 6 nitrogen and oxygen atoms in total. The fourth-order valence-corrected chi connectivity index (χ4v) is 3.98. The third-order valence-corrected chi connectivity index (χ3v) is 5.81. The standard InChI is InChI=1S/C27H27N3O3/c1-18-10-12-22(13-11-18)30-17-21(15-25(30)31)26(32)29-24-9-4-3-8-23(24)27(33)28-16-20-7-5-6-19(2)14-20/h3-14,21H,15-17H2,1-2H3,(H,28,33)(H,29,32)/t21-/m1/s1. The Bertz CT molecular complexity index is 1190. The van der Waals surface area contributed by atoms with Crippen LogP contribution in [0.2, 0.25) is 0 Å². The highest BCUT2D eigenvalue weighted by molar-refractivity contribution is 6.07. The number of amides is 3. The third-order valence-electron chi connectivity index (χ3n) is 5.81. The molecule has 33 heavy (non-hydrogen) atoms. The molecule has 6 heteroatoms. The fraction of sp³-hybridized carbons (Fsp3) is 0.222. The van der Waals surface area contributed by atoms with Crippen LogP contribution in [0.3, 0.4) is 0 Å². The maximum atomic E-state index is 13.0. The number of nitrogens with one attached hydrogen (secondary N) is 2. The Morgan fingerprint density at radius 2 is 1.70 bits per heavy atom. The van der Waals surface area contributed by atoms with E-state index in [1.165, 1.54) is 0 Å². The van der Waals surface area contributed by atoms with Crippen LogP contribution in [0, 0.1) is 19.8 Å². The van der Waals surface area contributed by atoms with Gasteiger partial charge in [0.15, 0.2) is 0 Å². The van der Waals surface area contributed by atoms with Gasteiger partial charge in [-0.05, 0) is 43.7 Å². The van der Waals surface area contributed by atoms with Crippen LogP contribution >= 0.6 is 0 Å². The molecule has 1 fully saturated rings. The minimum atomic E-state index is -0.484. The minimum absolute atomic E-state index is 0.0804. The summed E-state index contributed by atoms with van der Waals surface area (Å²) in [6.45, 7) is 4.70. The van der Waals surface area contributed by atoms with Gasteiger partial charge in [-0.3, -0.25) is 14.4 Å². The van der Waals surface area contributed by atoms with Gasteiger partial charge in [-0.15, -0.1) is 0 Å². The van der Waals surface area contributed by atoms with Crippen molar-refractivity contribution in [2.24, 2.45) is 5.92 Å². The Balaban J connectivity index is 1.42. The van der Waals surface area contributed by atoms with E-state index in [4.69, 9.17) is 0 Å². The van der Waals surface area contributed by atoms with Crippen LogP contribution in [0.1, 0.15) is 33.5 Å². The van der Waals surface area contributed by atoms with Crippen molar-refractivity contribution in [1.29, 1.82) is 0 Å². The second kappa shape index (κ2) is 9.69. The molecule has 0 aromatic heterocycles. The zero-order valence-corrected chi connectivity index (χ0v) is 18.8. The number of anilines is 2.